The van der Waals surface area contributed by atoms with Crippen LogP contribution < -0.4 is 0 Å². The highest BCUT2D eigenvalue weighted by atomic mass is 16.2. The van der Waals surface area contributed by atoms with Crippen molar-refractivity contribution in [1.29, 1.82) is 0 Å². The Morgan fingerprint density at radius 2 is 1.69 bits per heavy atom. The zero-order chi connectivity index (χ0) is 22.2. The highest BCUT2D eigenvalue weighted by molar-refractivity contribution is 6.35. The molecule has 32 heavy (non-hydrogen) atoms. The number of rotatable bonds is 4. The Morgan fingerprint density at radius 3 is 2.44 bits per heavy atom. The fourth-order valence-electron chi connectivity index (χ4n) is 4.68. The molecule has 3 aromatic rings. The number of amides is 2. The number of carbonyl (C=O) groups excluding carboxylic acids is 2. The Labute approximate surface area is 188 Å². The third-order valence-corrected chi connectivity index (χ3v) is 6.29. The molecule has 0 N–H and O–H groups in total. The number of imide groups is 1. The number of benzene rings is 2. The number of aromatic nitrogens is 1. The van der Waals surface area contributed by atoms with Gasteiger partial charge in [0, 0.05) is 19.3 Å². The summed E-state index contributed by atoms with van der Waals surface area (Å²) >= 11 is 0. The monoisotopic (exact) mass is 423 g/mol. The van der Waals surface area contributed by atoms with Crippen molar-refractivity contribution in [2.24, 2.45) is 0 Å². The SMILES string of the molecule is Cc1ccc(C2=C(N3CCc4ccccc4C3)C(=O)N(Cc3ccccn3)C2=O)c(C)c1. The molecule has 0 saturated carbocycles. The van der Waals surface area contributed by atoms with E-state index >= 15 is 0 Å². The van der Waals surface area contributed by atoms with Crippen LogP contribution in [-0.2, 0) is 29.1 Å². The summed E-state index contributed by atoms with van der Waals surface area (Å²) < 4.78 is 0. The number of nitrogens with zero attached hydrogens (tertiary/aromatic N) is 3. The van der Waals surface area contributed by atoms with Gasteiger partial charge in [0.05, 0.1) is 17.8 Å². The summed E-state index contributed by atoms with van der Waals surface area (Å²) in [6.07, 6.45) is 2.53. The molecule has 2 amide bonds. The van der Waals surface area contributed by atoms with Crippen molar-refractivity contribution in [2.75, 3.05) is 6.54 Å². The summed E-state index contributed by atoms with van der Waals surface area (Å²) in [7, 11) is 0. The third-order valence-electron chi connectivity index (χ3n) is 6.29. The van der Waals surface area contributed by atoms with Gasteiger partial charge in [-0.15, -0.1) is 0 Å². The molecule has 5 heteroatoms. The molecule has 0 spiro atoms. The maximum Gasteiger partial charge on any atom is 0.278 e. The second kappa shape index (κ2) is 8.08. The van der Waals surface area contributed by atoms with Gasteiger partial charge in [-0.1, -0.05) is 54.1 Å². The number of hydrogen-bond acceptors (Lipinski definition) is 4. The van der Waals surface area contributed by atoms with Gasteiger partial charge in [0.25, 0.3) is 11.8 Å². The first-order chi connectivity index (χ1) is 15.5. The Hall–Kier alpha value is -3.73. The average Bonchev–Trinajstić information content (AvgIpc) is 3.04. The topological polar surface area (TPSA) is 53.5 Å². The first-order valence-corrected chi connectivity index (χ1v) is 10.9. The fourth-order valence-corrected chi connectivity index (χ4v) is 4.68. The molecule has 2 aliphatic rings. The standard InChI is InChI=1S/C27H25N3O2/c1-18-10-11-23(19(2)15-18)24-25(29-14-12-20-7-3-4-8-21(20)16-29)27(32)30(26(24)31)17-22-9-5-6-13-28-22/h3-11,13,15H,12,14,16-17H2,1-2H3. The van der Waals surface area contributed by atoms with Crippen molar-refractivity contribution in [1.82, 2.24) is 14.8 Å². The molecule has 0 aliphatic carbocycles. The second-order valence-corrected chi connectivity index (χ2v) is 8.50. The molecule has 0 unspecified atom stereocenters. The Kier molecular flexibility index (Phi) is 5.10. The third kappa shape index (κ3) is 3.50. The number of hydrogen-bond donors (Lipinski definition) is 0. The first kappa shape index (κ1) is 20.2. The van der Waals surface area contributed by atoms with Gasteiger partial charge in [0.15, 0.2) is 0 Å². The van der Waals surface area contributed by atoms with Crippen molar-refractivity contribution in [3.05, 3.63) is 106 Å². The van der Waals surface area contributed by atoms with Gasteiger partial charge in [0.2, 0.25) is 0 Å². The molecule has 3 heterocycles. The summed E-state index contributed by atoms with van der Waals surface area (Å²) in [5.41, 5.74) is 7.16. The lowest BCUT2D eigenvalue weighted by atomic mass is 9.95. The summed E-state index contributed by atoms with van der Waals surface area (Å²) in [5, 5.41) is 0. The maximum absolute atomic E-state index is 13.7. The van der Waals surface area contributed by atoms with Crippen LogP contribution in [0.1, 0.15) is 33.5 Å². The van der Waals surface area contributed by atoms with Crippen LogP contribution in [0, 0.1) is 13.8 Å². The van der Waals surface area contributed by atoms with E-state index < -0.39 is 0 Å². The minimum absolute atomic E-state index is 0.168. The van der Waals surface area contributed by atoms with E-state index in [1.54, 1.807) is 6.20 Å². The van der Waals surface area contributed by atoms with E-state index in [0.717, 1.165) is 23.1 Å². The highest BCUT2D eigenvalue weighted by Crippen LogP contribution is 2.36. The molecule has 1 aromatic heterocycles. The van der Waals surface area contributed by atoms with E-state index in [4.69, 9.17) is 0 Å². The second-order valence-electron chi connectivity index (χ2n) is 8.50. The number of carbonyl (C=O) groups is 2. The van der Waals surface area contributed by atoms with Gasteiger partial charge in [-0.25, -0.2) is 0 Å². The van der Waals surface area contributed by atoms with Crippen molar-refractivity contribution in [3.8, 4) is 0 Å². The zero-order valence-corrected chi connectivity index (χ0v) is 18.3. The van der Waals surface area contributed by atoms with Crippen LogP contribution in [0.25, 0.3) is 5.57 Å². The van der Waals surface area contributed by atoms with Crippen LogP contribution in [0.3, 0.4) is 0 Å². The van der Waals surface area contributed by atoms with Gasteiger partial charge < -0.3 is 4.90 Å². The number of pyridine rings is 1. The van der Waals surface area contributed by atoms with Crippen molar-refractivity contribution in [3.63, 3.8) is 0 Å². The van der Waals surface area contributed by atoms with E-state index in [9.17, 15) is 9.59 Å². The lowest BCUT2D eigenvalue weighted by Crippen LogP contribution is -2.37. The van der Waals surface area contributed by atoms with Crippen molar-refractivity contribution >= 4 is 17.4 Å². The van der Waals surface area contributed by atoms with Gasteiger partial charge >= 0.3 is 0 Å². The Morgan fingerprint density at radius 1 is 0.906 bits per heavy atom. The molecule has 0 atom stereocenters. The molecule has 160 valence electrons. The van der Waals surface area contributed by atoms with Gasteiger partial charge in [-0.3, -0.25) is 19.5 Å². The largest absolute Gasteiger partial charge is 0.362 e. The quantitative estimate of drug-likeness (QED) is 0.595. The molecular weight excluding hydrogens is 398 g/mol. The van der Waals surface area contributed by atoms with E-state index in [0.29, 0.717) is 30.1 Å². The van der Waals surface area contributed by atoms with Crippen LogP contribution in [-0.4, -0.2) is 33.1 Å². The minimum atomic E-state index is -0.249. The summed E-state index contributed by atoms with van der Waals surface area (Å²) in [4.78, 5) is 35.1. The molecule has 5 nitrogen and oxygen atoms in total. The van der Waals surface area contributed by atoms with Crippen LogP contribution in [0.5, 0.6) is 0 Å². The fraction of sp³-hybridized carbons (Fsp3) is 0.222. The van der Waals surface area contributed by atoms with E-state index in [1.807, 2.05) is 56.3 Å². The smallest absolute Gasteiger partial charge is 0.278 e. The van der Waals surface area contributed by atoms with Crippen LogP contribution >= 0.6 is 0 Å². The zero-order valence-electron chi connectivity index (χ0n) is 18.3. The minimum Gasteiger partial charge on any atom is -0.362 e. The van der Waals surface area contributed by atoms with E-state index in [2.05, 4.69) is 28.1 Å². The average molecular weight is 424 g/mol. The molecule has 0 fully saturated rings. The van der Waals surface area contributed by atoms with Crippen LogP contribution in [0.4, 0.5) is 0 Å². The predicted octanol–water partition coefficient (Wildman–Crippen LogP) is 4.04. The van der Waals surface area contributed by atoms with Gasteiger partial charge in [-0.05, 0) is 54.7 Å². The lowest BCUT2D eigenvalue weighted by Gasteiger charge is -2.31. The van der Waals surface area contributed by atoms with Crippen molar-refractivity contribution < 1.29 is 9.59 Å². The van der Waals surface area contributed by atoms with E-state index in [1.165, 1.54) is 16.0 Å². The Balaban J connectivity index is 1.59. The molecule has 5 rings (SSSR count). The molecule has 0 saturated heterocycles. The number of fused-ring (bicyclic) bond motifs is 1. The molecule has 0 bridgehead atoms. The van der Waals surface area contributed by atoms with Crippen molar-refractivity contribution in [2.45, 2.75) is 33.4 Å². The Bertz CT molecular complexity index is 1250. The lowest BCUT2D eigenvalue weighted by molar-refractivity contribution is -0.138. The summed E-state index contributed by atoms with van der Waals surface area (Å²) in [6, 6.07) is 19.9. The summed E-state index contributed by atoms with van der Waals surface area (Å²) in [5.74, 6) is -0.489. The van der Waals surface area contributed by atoms with Crippen LogP contribution in [0.15, 0.2) is 72.6 Å². The van der Waals surface area contributed by atoms with Gasteiger partial charge in [0.1, 0.15) is 5.70 Å². The predicted molar refractivity (Wildman–Crippen MR) is 123 cm³/mol. The van der Waals surface area contributed by atoms with E-state index in [-0.39, 0.29) is 18.4 Å². The maximum atomic E-state index is 13.7. The highest BCUT2D eigenvalue weighted by Gasteiger charge is 2.42. The molecule has 0 radical (unpaired) electrons. The first-order valence-electron chi connectivity index (χ1n) is 10.9. The molecule has 2 aliphatic heterocycles. The normalized spacial score (nSPS) is 16.1. The van der Waals surface area contributed by atoms with Gasteiger partial charge in [-0.2, -0.15) is 0 Å². The molecule has 2 aromatic carbocycles. The summed E-state index contributed by atoms with van der Waals surface area (Å²) in [6.45, 7) is 5.52. The number of aryl methyl sites for hydroxylation is 2. The van der Waals surface area contributed by atoms with Crippen LogP contribution in [0.2, 0.25) is 0 Å². The molecular formula is C27H25N3O2.